The van der Waals surface area contributed by atoms with Crippen molar-refractivity contribution in [3.05, 3.63) is 35.9 Å². The molecule has 0 spiro atoms. The molecule has 0 bridgehead atoms. The molecule has 10 heteroatoms. The smallest absolute Gasteiger partial charge is 0.370 e. The molecule has 0 aliphatic rings. The van der Waals surface area contributed by atoms with Crippen LogP contribution in [0.3, 0.4) is 0 Å². The van der Waals surface area contributed by atoms with E-state index in [1.807, 2.05) is 30.3 Å². The molecule has 0 aromatic heterocycles. The lowest BCUT2D eigenvalue weighted by Gasteiger charge is -2.34. The van der Waals surface area contributed by atoms with Crippen LogP contribution in [0.25, 0.3) is 0 Å². The SMILES string of the molecule is C[S+](CCCc1ccccc1)CC(O)(P(=O)([O-])O)P(=O)(O)O. The highest BCUT2D eigenvalue weighted by Crippen LogP contribution is 2.65. The molecule has 0 saturated heterocycles. The van der Waals surface area contributed by atoms with Crippen LogP contribution in [0.2, 0.25) is 0 Å². The Morgan fingerprint density at radius 2 is 1.73 bits per heavy atom. The Kier molecular flexibility index (Phi) is 6.87. The van der Waals surface area contributed by atoms with E-state index in [4.69, 9.17) is 14.7 Å². The molecule has 0 radical (unpaired) electrons. The lowest BCUT2D eigenvalue weighted by atomic mass is 10.1. The fourth-order valence-electron chi connectivity index (χ4n) is 1.90. The van der Waals surface area contributed by atoms with E-state index in [9.17, 15) is 19.1 Å². The zero-order valence-corrected chi connectivity index (χ0v) is 14.6. The maximum atomic E-state index is 11.2. The summed E-state index contributed by atoms with van der Waals surface area (Å²) in [7, 11) is -11.8. The standard InChI is InChI=1S/C12H20O7P2S/c1-22(9-5-8-11-6-3-2-4-7-11)10-12(13,20(14,15)16)21(17,18)19/h2-4,6-7,13H,5,8-10H2,1H3,(H3-,14,15,16,17,18,19). The highest BCUT2D eigenvalue weighted by atomic mass is 32.2. The van der Waals surface area contributed by atoms with Crippen molar-refractivity contribution in [2.45, 2.75) is 17.9 Å². The number of hydrogen-bond donors (Lipinski definition) is 4. The minimum Gasteiger partial charge on any atom is -0.776 e. The molecule has 1 aromatic carbocycles. The van der Waals surface area contributed by atoms with Gasteiger partial charge in [-0.1, -0.05) is 30.3 Å². The predicted octanol–water partition coefficient (Wildman–Crippen LogP) is 0.237. The maximum absolute atomic E-state index is 11.2. The van der Waals surface area contributed by atoms with Crippen LogP contribution in [-0.4, -0.2) is 42.6 Å². The molecule has 0 aliphatic heterocycles. The van der Waals surface area contributed by atoms with Gasteiger partial charge in [-0.3, -0.25) is 4.57 Å². The molecular weight excluding hydrogens is 350 g/mol. The van der Waals surface area contributed by atoms with Crippen LogP contribution in [0.5, 0.6) is 0 Å². The van der Waals surface area contributed by atoms with E-state index in [0.29, 0.717) is 12.2 Å². The van der Waals surface area contributed by atoms with Gasteiger partial charge in [0.25, 0.3) is 5.08 Å². The van der Waals surface area contributed by atoms with Crippen molar-refractivity contribution < 1.29 is 33.8 Å². The normalized spacial score (nSPS) is 19.2. The van der Waals surface area contributed by atoms with Crippen molar-refractivity contribution >= 4 is 26.1 Å². The highest BCUT2D eigenvalue weighted by Gasteiger charge is 2.57. The van der Waals surface area contributed by atoms with Gasteiger partial charge in [-0.2, -0.15) is 0 Å². The van der Waals surface area contributed by atoms with Crippen LogP contribution >= 0.6 is 15.2 Å². The molecule has 0 amide bonds. The van der Waals surface area contributed by atoms with Gasteiger partial charge >= 0.3 is 7.60 Å². The number of rotatable bonds is 8. The first-order valence-corrected chi connectivity index (χ1v) is 11.6. The topological polar surface area (TPSA) is 138 Å². The average molecular weight is 370 g/mol. The molecule has 1 aromatic rings. The summed E-state index contributed by atoms with van der Waals surface area (Å²) in [6, 6.07) is 9.57. The summed E-state index contributed by atoms with van der Waals surface area (Å²) in [5, 5.41) is 6.38. The van der Waals surface area contributed by atoms with Crippen LogP contribution in [0.15, 0.2) is 30.3 Å². The van der Waals surface area contributed by atoms with Crippen molar-refractivity contribution in [2.75, 3.05) is 17.8 Å². The van der Waals surface area contributed by atoms with E-state index < -0.39 is 36.9 Å². The fourth-order valence-corrected chi connectivity index (χ4v) is 7.31. The third kappa shape index (κ3) is 5.18. The Morgan fingerprint density at radius 1 is 1.18 bits per heavy atom. The molecule has 0 saturated carbocycles. The molecule has 126 valence electrons. The summed E-state index contributed by atoms with van der Waals surface area (Å²) >= 11 is 0. The summed E-state index contributed by atoms with van der Waals surface area (Å²) in [5.41, 5.74) is 1.10. The van der Waals surface area contributed by atoms with Crippen molar-refractivity contribution in [1.82, 2.24) is 0 Å². The van der Waals surface area contributed by atoms with E-state index in [0.717, 1.165) is 12.0 Å². The van der Waals surface area contributed by atoms with Gasteiger partial charge in [0.05, 0.1) is 6.26 Å². The second-order valence-corrected chi connectivity index (χ2v) is 11.3. The summed E-state index contributed by atoms with van der Waals surface area (Å²) in [6.45, 7) is 0. The molecule has 0 fully saturated rings. The molecule has 1 rings (SSSR count). The van der Waals surface area contributed by atoms with Crippen LogP contribution in [0, 0.1) is 0 Å². The first-order valence-electron chi connectivity index (χ1n) is 6.42. The quantitative estimate of drug-likeness (QED) is 0.380. The number of benzene rings is 1. The van der Waals surface area contributed by atoms with Crippen molar-refractivity contribution in [1.29, 1.82) is 0 Å². The van der Waals surface area contributed by atoms with Crippen molar-refractivity contribution in [2.24, 2.45) is 0 Å². The van der Waals surface area contributed by atoms with Gasteiger partial charge < -0.3 is 29.2 Å². The molecular formula is C12H20O7P2S. The summed E-state index contributed by atoms with van der Waals surface area (Å²) < 4.78 is 22.4. The molecule has 3 unspecified atom stereocenters. The van der Waals surface area contributed by atoms with E-state index in [1.54, 1.807) is 6.26 Å². The van der Waals surface area contributed by atoms with E-state index in [-0.39, 0.29) is 0 Å². The minimum absolute atomic E-state index is 0.483. The van der Waals surface area contributed by atoms with Crippen LogP contribution < -0.4 is 4.89 Å². The third-order valence-corrected chi connectivity index (χ3v) is 9.18. The number of hydrogen-bond acceptors (Lipinski definition) is 4. The van der Waals surface area contributed by atoms with Crippen LogP contribution in [0.1, 0.15) is 12.0 Å². The Labute approximate surface area is 132 Å². The van der Waals surface area contributed by atoms with E-state index in [1.165, 1.54) is 0 Å². The Bertz CT molecular complexity index is 546. The average Bonchev–Trinajstić information content (AvgIpc) is 2.37. The van der Waals surface area contributed by atoms with Crippen LogP contribution in [0.4, 0.5) is 0 Å². The summed E-state index contributed by atoms with van der Waals surface area (Å²) in [5.74, 6) is -0.208. The maximum Gasteiger partial charge on any atom is 0.370 e. The lowest BCUT2D eigenvalue weighted by molar-refractivity contribution is -0.204. The summed E-state index contributed by atoms with van der Waals surface area (Å²) in [4.78, 5) is 38.3. The second-order valence-electron chi connectivity index (χ2n) is 5.06. The fraction of sp³-hybridized carbons (Fsp3) is 0.500. The Balaban J connectivity index is 2.64. The highest BCUT2D eigenvalue weighted by molar-refractivity contribution is 7.97. The van der Waals surface area contributed by atoms with Gasteiger partial charge in [0.2, 0.25) is 0 Å². The van der Waals surface area contributed by atoms with Gasteiger partial charge in [0.1, 0.15) is 5.75 Å². The molecule has 0 heterocycles. The van der Waals surface area contributed by atoms with Gasteiger partial charge in [0, 0.05) is 0 Å². The van der Waals surface area contributed by atoms with Crippen molar-refractivity contribution in [3.63, 3.8) is 0 Å². The second kappa shape index (κ2) is 7.60. The zero-order valence-electron chi connectivity index (χ0n) is 12.0. The Morgan fingerprint density at radius 3 is 2.18 bits per heavy atom. The monoisotopic (exact) mass is 370 g/mol. The summed E-state index contributed by atoms with van der Waals surface area (Å²) in [6.07, 6.45) is 3.01. The molecule has 0 aliphatic carbocycles. The van der Waals surface area contributed by atoms with Gasteiger partial charge in [0.15, 0.2) is 13.3 Å². The third-order valence-electron chi connectivity index (χ3n) is 3.16. The first-order chi connectivity index (χ1) is 9.97. The van der Waals surface area contributed by atoms with E-state index >= 15 is 0 Å². The van der Waals surface area contributed by atoms with Crippen molar-refractivity contribution in [3.8, 4) is 0 Å². The number of aryl methyl sites for hydroxylation is 1. The number of aliphatic hydroxyl groups is 1. The molecule has 4 N–H and O–H groups in total. The van der Waals surface area contributed by atoms with Gasteiger partial charge in [-0.05, 0) is 29.3 Å². The Hall–Kier alpha value is -0.170. The largest absolute Gasteiger partial charge is 0.776 e. The minimum atomic E-state index is -5.60. The lowest BCUT2D eigenvalue weighted by Crippen LogP contribution is -2.40. The molecule has 7 nitrogen and oxygen atoms in total. The van der Waals surface area contributed by atoms with Gasteiger partial charge in [-0.15, -0.1) is 0 Å². The first kappa shape index (κ1) is 19.9. The molecule has 3 atom stereocenters. The zero-order chi connectivity index (χ0) is 17.0. The van der Waals surface area contributed by atoms with Gasteiger partial charge in [-0.25, -0.2) is 0 Å². The predicted molar refractivity (Wildman–Crippen MR) is 84.6 cm³/mol. The van der Waals surface area contributed by atoms with E-state index in [2.05, 4.69) is 0 Å². The van der Waals surface area contributed by atoms with Crippen LogP contribution in [-0.2, 0) is 26.4 Å². The molecule has 22 heavy (non-hydrogen) atoms.